The summed E-state index contributed by atoms with van der Waals surface area (Å²) >= 11 is 0. The summed E-state index contributed by atoms with van der Waals surface area (Å²) in [7, 11) is 0. The molecule has 1 aromatic rings. The van der Waals surface area contributed by atoms with Crippen LogP contribution in [0.25, 0.3) is 6.08 Å². The van der Waals surface area contributed by atoms with Gasteiger partial charge in [0, 0.05) is 18.3 Å². The van der Waals surface area contributed by atoms with Gasteiger partial charge in [-0.05, 0) is 30.5 Å². The Morgan fingerprint density at radius 3 is 2.95 bits per heavy atom. The number of fused-ring (bicyclic) bond motifs is 1. The first kappa shape index (κ1) is 14.1. The third-order valence-electron chi connectivity index (χ3n) is 4.38. The molecule has 1 aliphatic carbocycles. The van der Waals surface area contributed by atoms with Crippen LogP contribution in [0.15, 0.2) is 30.3 Å². The molecule has 0 aromatic heterocycles. The fourth-order valence-electron chi connectivity index (χ4n) is 3.45. The summed E-state index contributed by atoms with van der Waals surface area (Å²) in [4.78, 5) is 13.2. The number of carbonyl (C=O) groups is 1. The van der Waals surface area contributed by atoms with E-state index in [0.717, 1.165) is 37.2 Å². The molecule has 0 bridgehead atoms. The lowest BCUT2D eigenvalue weighted by molar-refractivity contribution is -0.131. The molecular formula is C17H21NO3. The van der Waals surface area contributed by atoms with Crippen LogP contribution < -0.4 is 4.90 Å². The predicted molar refractivity (Wildman–Crippen MR) is 82.5 cm³/mol. The van der Waals surface area contributed by atoms with Crippen molar-refractivity contribution in [3.05, 3.63) is 35.9 Å². The molecule has 1 heterocycles. The lowest BCUT2D eigenvalue weighted by Gasteiger charge is -2.45. The maximum absolute atomic E-state index is 10.8. The molecule has 0 amide bonds. The van der Waals surface area contributed by atoms with E-state index in [9.17, 15) is 4.79 Å². The van der Waals surface area contributed by atoms with E-state index < -0.39 is 5.97 Å². The zero-order valence-electron chi connectivity index (χ0n) is 12.1. The summed E-state index contributed by atoms with van der Waals surface area (Å²) in [5.41, 5.74) is 2.08. The first-order chi connectivity index (χ1) is 10.3. The standard InChI is InChI=1S/C17H21NO3/c19-17(20)10-9-13-5-1-2-6-14(13)18-11-12-21-16-8-4-3-7-15(16)18/h1-2,5-6,9-10,15-16H,3-4,7-8,11-12H2,(H,19,20). The molecule has 2 unspecified atom stereocenters. The maximum atomic E-state index is 10.8. The first-order valence-electron chi connectivity index (χ1n) is 7.64. The van der Waals surface area contributed by atoms with Crippen molar-refractivity contribution in [2.45, 2.75) is 37.8 Å². The number of aliphatic carboxylic acids is 1. The van der Waals surface area contributed by atoms with E-state index in [-0.39, 0.29) is 0 Å². The smallest absolute Gasteiger partial charge is 0.328 e. The van der Waals surface area contributed by atoms with Gasteiger partial charge in [-0.3, -0.25) is 0 Å². The van der Waals surface area contributed by atoms with Gasteiger partial charge in [-0.25, -0.2) is 4.79 Å². The Hall–Kier alpha value is -1.81. The number of benzene rings is 1. The Labute approximate surface area is 125 Å². The lowest BCUT2D eigenvalue weighted by atomic mass is 9.89. The van der Waals surface area contributed by atoms with E-state index in [0.29, 0.717) is 12.1 Å². The number of carboxylic acids is 1. The van der Waals surface area contributed by atoms with Crippen molar-refractivity contribution >= 4 is 17.7 Å². The minimum Gasteiger partial charge on any atom is -0.478 e. The first-order valence-corrected chi connectivity index (χ1v) is 7.64. The van der Waals surface area contributed by atoms with E-state index in [1.807, 2.05) is 18.2 Å². The molecule has 1 aliphatic heterocycles. The molecule has 0 spiro atoms. The largest absolute Gasteiger partial charge is 0.478 e. The van der Waals surface area contributed by atoms with Gasteiger partial charge < -0.3 is 14.7 Å². The zero-order chi connectivity index (χ0) is 14.7. The summed E-state index contributed by atoms with van der Waals surface area (Å²) in [6.07, 6.45) is 7.99. The number of hydrogen-bond donors (Lipinski definition) is 1. The highest BCUT2D eigenvalue weighted by atomic mass is 16.5. The van der Waals surface area contributed by atoms with E-state index in [1.165, 1.54) is 18.9 Å². The number of ether oxygens (including phenoxy) is 1. The zero-order valence-corrected chi connectivity index (χ0v) is 12.1. The molecule has 2 aliphatic rings. The molecule has 1 aromatic carbocycles. The van der Waals surface area contributed by atoms with Crippen LogP contribution in [0.2, 0.25) is 0 Å². The number of morpholine rings is 1. The number of carboxylic acid groups (broad SMARTS) is 1. The van der Waals surface area contributed by atoms with Gasteiger partial charge in [0.2, 0.25) is 0 Å². The van der Waals surface area contributed by atoms with Gasteiger partial charge in [0.1, 0.15) is 0 Å². The molecule has 1 saturated heterocycles. The number of hydrogen-bond acceptors (Lipinski definition) is 3. The Bertz CT molecular complexity index is 539. The molecule has 0 radical (unpaired) electrons. The van der Waals surface area contributed by atoms with Crippen molar-refractivity contribution in [2.24, 2.45) is 0 Å². The minimum atomic E-state index is -0.915. The maximum Gasteiger partial charge on any atom is 0.328 e. The highest BCUT2D eigenvalue weighted by Gasteiger charge is 2.34. The van der Waals surface area contributed by atoms with E-state index >= 15 is 0 Å². The molecule has 2 atom stereocenters. The molecule has 1 N–H and O–H groups in total. The van der Waals surface area contributed by atoms with Gasteiger partial charge in [-0.2, -0.15) is 0 Å². The Kier molecular flexibility index (Phi) is 4.25. The Balaban J connectivity index is 1.89. The van der Waals surface area contributed by atoms with Crippen LogP contribution in [-0.2, 0) is 9.53 Å². The van der Waals surface area contributed by atoms with Crippen molar-refractivity contribution < 1.29 is 14.6 Å². The van der Waals surface area contributed by atoms with Gasteiger partial charge in [-0.15, -0.1) is 0 Å². The van der Waals surface area contributed by atoms with Gasteiger partial charge in [0.15, 0.2) is 0 Å². The van der Waals surface area contributed by atoms with Crippen LogP contribution in [0.1, 0.15) is 31.2 Å². The predicted octanol–water partition coefficient (Wildman–Crippen LogP) is 2.93. The second kappa shape index (κ2) is 6.31. The van der Waals surface area contributed by atoms with E-state index in [2.05, 4.69) is 11.0 Å². The molecule has 112 valence electrons. The van der Waals surface area contributed by atoms with Crippen molar-refractivity contribution in [2.75, 3.05) is 18.1 Å². The second-order valence-electron chi connectivity index (χ2n) is 5.68. The number of nitrogens with zero attached hydrogens (tertiary/aromatic N) is 1. The molecule has 3 rings (SSSR count). The van der Waals surface area contributed by atoms with Crippen molar-refractivity contribution in [3.8, 4) is 0 Å². The third kappa shape index (κ3) is 3.10. The van der Waals surface area contributed by atoms with Gasteiger partial charge >= 0.3 is 5.97 Å². The Morgan fingerprint density at radius 1 is 1.29 bits per heavy atom. The van der Waals surface area contributed by atoms with Crippen molar-refractivity contribution in [1.29, 1.82) is 0 Å². The number of anilines is 1. The van der Waals surface area contributed by atoms with Gasteiger partial charge in [0.25, 0.3) is 0 Å². The number of rotatable bonds is 3. The molecule has 2 fully saturated rings. The van der Waals surface area contributed by atoms with Crippen LogP contribution in [0.5, 0.6) is 0 Å². The summed E-state index contributed by atoms with van der Waals surface area (Å²) in [6.45, 7) is 1.62. The van der Waals surface area contributed by atoms with Crippen LogP contribution in [0.4, 0.5) is 5.69 Å². The van der Waals surface area contributed by atoms with Crippen LogP contribution in [0.3, 0.4) is 0 Å². The van der Waals surface area contributed by atoms with E-state index in [4.69, 9.17) is 9.84 Å². The van der Waals surface area contributed by atoms with Gasteiger partial charge in [0.05, 0.1) is 18.8 Å². The highest BCUT2D eigenvalue weighted by molar-refractivity contribution is 5.87. The van der Waals surface area contributed by atoms with Crippen molar-refractivity contribution in [1.82, 2.24) is 0 Å². The third-order valence-corrected chi connectivity index (χ3v) is 4.38. The fraction of sp³-hybridized carbons (Fsp3) is 0.471. The normalized spacial score (nSPS) is 25.8. The summed E-state index contributed by atoms with van der Waals surface area (Å²) < 4.78 is 5.92. The van der Waals surface area contributed by atoms with Gasteiger partial charge in [-0.1, -0.05) is 31.0 Å². The molecule has 21 heavy (non-hydrogen) atoms. The highest BCUT2D eigenvalue weighted by Crippen LogP contribution is 2.33. The average Bonchev–Trinajstić information content (AvgIpc) is 2.53. The second-order valence-corrected chi connectivity index (χ2v) is 5.68. The summed E-state index contributed by atoms with van der Waals surface area (Å²) in [6, 6.07) is 8.44. The SMILES string of the molecule is O=C(O)C=Cc1ccccc1N1CCOC2CCCCC21. The molecular weight excluding hydrogens is 266 g/mol. The topological polar surface area (TPSA) is 49.8 Å². The fourth-order valence-corrected chi connectivity index (χ4v) is 3.45. The van der Waals surface area contributed by atoms with Crippen LogP contribution >= 0.6 is 0 Å². The summed E-state index contributed by atoms with van der Waals surface area (Å²) in [5.74, 6) is -0.915. The molecule has 1 saturated carbocycles. The molecule has 4 heteroatoms. The average molecular weight is 287 g/mol. The molecule has 4 nitrogen and oxygen atoms in total. The lowest BCUT2D eigenvalue weighted by Crippen LogP contribution is -2.53. The van der Waals surface area contributed by atoms with E-state index in [1.54, 1.807) is 6.08 Å². The van der Waals surface area contributed by atoms with Crippen LogP contribution in [-0.4, -0.2) is 36.4 Å². The number of para-hydroxylation sites is 1. The Morgan fingerprint density at radius 2 is 2.10 bits per heavy atom. The monoisotopic (exact) mass is 287 g/mol. The quantitative estimate of drug-likeness (QED) is 0.868. The summed E-state index contributed by atoms with van der Waals surface area (Å²) in [5, 5.41) is 8.84. The van der Waals surface area contributed by atoms with Crippen LogP contribution in [0, 0.1) is 0 Å². The minimum absolute atomic E-state index is 0.323. The van der Waals surface area contributed by atoms with Crippen molar-refractivity contribution in [3.63, 3.8) is 0 Å².